The molecule has 1 aliphatic heterocycles. The summed E-state index contributed by atoms with van der Waals surface area (Å²) in [7, 11) is 0. The van der Waals surface area contributed by atoms with E-state index < -0.39 is 39.1 Å². The molecule has 2 amide bonds. The van der Waals surface area contributed by atoms with E-state index in [0.29, 0.717) is 21.3 Å². The molecule has 1 unspecified atom stereocenters. The molecule has 0 aliphatic carbocycles. The van der Waals surface area contributed by atoms with Gasteiger partial charge in [0.25, 0.3) is 17.3 Å². The number of carbonyl (C=O) groups excluding carboxylic acids is 2. The summed E-state index contributed by atoms with van der Waals surface area (Å²) in [4.78, 5) is 48.6. The predicted octanol–water partition coefficient (Wildman–Crippen LogP) is 4.45. The zero-order valence-electron chi connectivity index (χ0n) is 16.8. The van der Waals surface area contributed by atoms with Crippen molar-refractivity contribution in [3.8, 4) is 0 Å². The van der Waals surface area contributed by atoms with Gasteiger partial charge in [-0.2, -0.15) is 0 Å². The molecule has 3 aromatic carbocycles. The lowest BCUT2D eigenvalue weighted by atomic mass is 9.95. The summed E-state index contributed by atoms with van der Waals surface area (Å²) in [6, 6.07) is 16.2. The lowest BCUT2D eigenvalue weighted by Gasteiger charge is -2.30. The number of nitro benzene ring substituents is 2. The van der Waals surface area contributed by atoms with Gasteiger partial charge in [0.2, 0.25) is 5.91 Å². The summed E-state index contributed by atoms with van der Waals surface area (Å²) in [6.45, 7) is -0.376. The topological polar surface area (TPSA) is 136 Å². The van der Waals surface area contributed by atoms with Gasteiger partial charge in [-0.15, -0.1) is 0 Å². The van der Waals surface area contributed by atoms with Crippen LogP contribution in [0.4, 0.5) is 17.1 Å². The van der Waals surface area contributed by atoms with Gasteiger partial charge in [0, 0.05) is 21.8 Å². The van der Waals surface area contributed by atoms with Gasteiger partial charge >= 0.3 is 0 Å². The maximum absolute atomic E-state index is 13.6. The van der Waals surface area contributed by atoms with Gasteiger partial charge in [0.05, 0.1) is 22.0 Å². The van der Waals surface area contributed by atoms with Crippen LogP contribution in [0.25, 0.3) is 0 Å². The van der Waals surface area contributed by atoms with Crippen molar-refractivity contribution in [2.24, 2.45) is 0 Å². The SMILES string of the molecule is O=C1CN(C(=O)c2ccc([N+](=O)[O-])cc2[N+](=O)[O-])C(c2ccccc2)c2cc(Br)ccc2N1. The van der Waals surface area contributed by atoms with E-state index in [0.717, 1.165) is 18.2 Å². The minimum absolute atomic E-state index is 0.349. The van der Waals surface area contributed by atoms with Crippen molar-refractivity contribution in [3.63, 3.8) is 0 Å². The van der Waals surface area contributed by atoms with E-state index in [1.165, 1.54) is 4.90 Å². The number of nitro groups is 2. The third-order valence-corrected chi connectivity index (χ3v) is 5.70. The van der Waals surface area contributed by atoms with E-state index in [2.05, 4.69) is 21.2 Å². The van der Waals surface area contributed by atoms with Crippen LogP contribution < -0.4 is 5.32 Å². The first kappa shape index (κ1) is 22.1. The van der Waals surface area contributed by atoms with Gasteiger partial charge in [-0.3, -0.25) is 29.8 Å². The Morgan fingerprint density at radius 1 is 1.00 bits per heavy atom. The Kier molecular flexibility index (Phi) is 5.88. The normalized spacial score (nSPS) is 15.2. The summed E-state index contributed by atoms with van der Waals surface area (Å²) in [5.41, 5.74) is 0.231. The fourth-order valence-corrected chi connectivity index (χ4v) is 4.16. The Morgan fingerprint density at radius 3 is 2.39 bits per heavy atom. The molecular weight excluding hydrogens is 496 g/mol. The van der Waals surface area contributed by atoms with Gasteiger partial charge in [-0.25, -0.2) is 0 Å². The van der Waals surface area contributed by atoms with Crippen molar-refractivity contribution in [3.05, 3.63) is 108 Å². The minimum Gasteiger partial charge on any atom is -0.324 e. The van der Waals surface area contributed by atoms with Crippen molar-refractivity contribution < 1.29 is 19.4 Å². The highest BCUT2D eigenvalue weighted by Gasteiger charge is 2.37. The molecule has 1 N–H and O–H groups in total. The molecule has 0 saturated carbocycles. The number of fused-ring (bicyclic) bond motifs is 1. The average molecular weight is 511 g/mol. The van der Waals surface area contributed by atoms with E-state index in [1.54, 1.807) is 48.5 Å². The largest absolute Gasteiger partial charge is 0.324 e. The monoisotopic (exact) mass is 510 g/mol. The highest BCUT2D eigenvalue weighted by molar-refractivity contribution is 9.10. The van der Waals surface area contributed by atoms with Crippen molar-refractivity contribution in [2.75, 3.05) is 11.9 Å². The molecule has 3 aromatic rings. The van der Waals surface area contributed by atoms with Crippen LogP contribution in [-0.2, 0) is 4.79 Å². The maximum Gasteiger partial charge on any atom is 0.289 e. The molecule has 4 rings (SSSR count). The lowest BCUT2D eigenvalue weighted by molar-refractivity contribution is -0.394. The summed E-state index contributed by atoms with van der Waals surface area (Å²) in [6.07, 6.45) is 0. The molecule has 1 heterocycles. The van der Waals surface area contributed by atoms with Gasteiger partial charge in [0.1, 0.15) is 12.1 Å². The second kappa shape index (κ2) is 8.79. The number of hydrogen-bond acceptors (Lipinski definition) is 6. The summed E-state index contributed by atoms with van der Waals surface area (Å²) in [5.74, 6) is -1.27. The number of non-ortho nitro benzene ring substituents is 1. The van der Waals surface area contributed by atoms with Crippen LogP contribution in [0.2, 0.25) is 0 Å². The smallest absolute Gasteiger partial charge is 0.289 e. The molecule has 0 bridgehead atoms. The van der Waals surface area contributed by atoms with Gasteiger partial charge in [-0.1, -0.05) is 46.3 Å². The number of benzene rings is 3. The number of nitrogens with zero attached hydrogens (tertiary/aromatic N) is 3. The standard InChI is InChI=1S/C22H15BrN4O6/c23-14-6-9-18-17(10-14)21(13-4-2-1-3-5-13)25(12-20(28)24-18)22(29)16-8-7-15(26(30)31)11-19(16)27(32)33/h1-11,21H,12H2,(H,24,28). The van der Waals surface area contributed by atoms with Crippen LogP contribution in [0, 0.1) is 20.2 Å². The summed E-state index contributed by atoms with van der Waals surface area (Å²) in [5, 5.41) is 25.5. The number of amides is 2. The minimum atomic E-state index is -0.847. The van der Waals surface area contributed by atoms with Crippen LogP contribution in [0.1, 0.15) is 27.5 Å². The number of nitrogens with one attached hydrogen (secondary N) is 1. The van der Waals surface area contributed by atoms with Crippen molar-refractivity contribution in [1.29, 1.82) is 0 Å². The Balaban J connectivity index is 1.91. The van der Waals surface area contributed by atoms with Gasteiger partial charge in [-0.05, 0) is 29.8 Å². The molecule has 0 spiro atoms. The molecule has 0 fully saturated rings. The van der Waals surface area contributed by atoms with E-state index in [9.17, 15) is 29.8 Å². The number of hydrogen-bond donors (Lipinski definition) is 1. The molecule has 0 saturated heterocycles. The first-order valence-corrected chi connectivity index (χ1v) is 10.4. The third kappa shape index (κ3) is 4.30. The van der Waals surface area contributed by atoms with Gasteiger partial charge < -0.3 is 10.2 Å². The van der Waals surface area contributed by atoms with E-state index in [4.69, 9.17) is 0 Å². The quantitative estimate of drug-likeness (QED) is 0.406. The number of anilines is 1. The molecule has 11 heteroatoms. The average Bonchev–Trinajstić information content (AvgIpc) is 2.94. The van der Waals surface area contributed by atoms with E-state index >= 15 is 0 Å². The maximum atomic E-state index is 13.6. The first-order valence-electron chi connectivity index (χ1n) is 9.64. The van der Waals surface area contributed by atoms with Crippen molar-refractivity contribution in [2.45, 2.75) is 6.04 Å². The van der Waals surface area contributed by atoms with Crippen LogP contribution in [-0.4, -0.2) is 33.1 Å². The fraction of sp³-hybridized carbons (Fsp3) is 0.0909. The number of rotatable bonds is 4. The predicted molar refractivity (Wildman–Crippen MR) is 122 cm³/mol. The fourth-order valence-electron chi connectivity index (χ4n) is 3.78. The second-order valence-corrected chi connectivity index (χ2v) is 8.16. The molecule has 166 valence electrons. The van der Waals surface area contributed by atoms with Crippen molar-refractivity contribution >= 4 is 44.8 Å². The second-order valence-electron chi connectivity index (χ2n) is 7.24. The Morgan fingerprint density at radius 2 is 1.73 bits per heavy atom. The van der Waals surface area contributed by atoms with E-state index in [-0.39, 0.29) is 12.1 Å². The van der Waals surface area contributed by atoms with Gasteiger partial charge in [0.15, 0.2) is 0 Å². The van der Waals surface area contributed by atoms with Crippen molar-refractivity contribution in [1.82, 2.24) is 4.90 Å². The number of carbonyl (C=O) groups is 2. The molecule has 0 radical (unpaired) electrons. The Hall–Kier alpha value is -4.12. The molecule has 1 atom stereocenters. The summed E-state index contributed by atoms with van der Waals surface area (Å²) >= 11 is 3.42. The van der Waals surface area contributed by atoms with Crippen LogP contribution in [0.5, 0.6) is 0 Å². The van der Waals surface area contributed by atoms with Crippen LogP contribution in [0.15, 0.2) is 71.2 Å². The first-order chi connectivity index (χ1) is 15.8. The van der Waals surface area contributed by atoms with E-state index in [1.807, 2.05) is 0 Å². The zero-order chi connectivity index (χ0) is 23.7. The molecule has 10 nitrogen and oxygen atoms in total. The molecule has 33 heavy (non-hydrogen) atoms. The third-order valence-electron chi connectivity index (χ3n) is 5.20. The Bertz CT molecular complexity index is 1300. The summed E-state index contributed by atoms with van der Waals surface area (Å²) < 4.78 is 0.715. The lowest BCUT2D eigenvalue weighted by Crippen LogP contribution is -2.39. The molecular formula is C22H15BrN4O6. The number of halogens is 1. The molecule has 0 aromatic heterocycles. The van der Waals surface area contributed by atoms with Crippen LogP contribution >= 0.6 is 15.9 Å². The highest BCUT2D eigenvalue weighted by atomic mass is 79.9. The highest BCUT2D eigenvalue weighted by Crippen LogP contribution is 2.39. The Labute approximate surface area is 195 Å². The molecule has 1 aliphatic rings. The zero-order valence-corrected chi connectivity index (χ0v) is 18.4. The van der Waals surface area contributed by atoms with Crippen LogP contribution in [0.3, 0.4) is 0 Å².